The molecule has 2 aromatic rings. The van der Waals surface area contributed by atoms with Gasteiger partial charge >= 0.3 is 0 Å². The van der Waals surface area contributed by atoms with Crippen LogP contribution in [0.5, 0.6) is 5.75 Å². The fraction of sp³-hybridized carbons (Fsp3) is 0.438. The maximum atomic E-state index is 10.8. The molecule has 1 aromatic carbocycles. The number of ether oxygens (including phenoxy) is 2. The highest BCUT2D eigenvalue weighted by Crippen LogP contribution is 2.26. The minimum atomic E-state index is -0.0659. The van der Waals surface area contributed by atoms with Gasteiger partial charge < -0.3 is 19.3 Å². The normalized spacial score (nSPS) is 17.2. The van der Waals surface area contributed by atoms with Crippen LogP contribution in [-0.2, 0) is 9.53 Å². The first-order valence-electron chi connectivity index (χ1n) is 7.61. The van der Waals surface area contributed by atoms with Crippen molar-refractivity contribution in [2.75, 3.05) is 26.4 Å². The molecule has 0 unspecified atom stereocenters. The lowest BCUT2D eigenvalue weighted by Gasteiger charge is -2.06. The number of carbonyl (C=O) groups excluding carboxylic acids is 1. The van der Waals surface area contributed by atoms with E-state index >= 15 is 0 Å². The third-order valence-electron chi connectivity index (χ3n) is 3.58. The number of aromatic nitrogens is 2. The first kappa shape index (κ1) is 15.5. The number of hydrogen-bond acceptors (Lipinski definition) is 6. The second-order valence-electron chi connectivity index (χ2n) is 5.37. The lowest BCUT2D eigenvalue weighted by molar-refractivity contribution is -0.119. The van der Waals surface area contributed by atoms with Gasteiger partial charge in [-0.3, -0.25) is 4.79 Å². The average Bonchev–Trinajstić information content (AvgIpc) is 3.22. The largest absolute Gasteiger partial charge is 0.492 e. The Kier molecular flexibility index (Phi) is 4.87. The van der Waals surface area contributed by atoms with E-state index in [1.807, 2.05) is 24.3 Å². The summed E-state index contributed by atoms with van der Waals surface area (Å²) in [5.41, 5.74) is 0.844. The topological polar surface area (TPSA) is 86.5 Å². The zero-order valence-corrected chi connectivity index (χ0v) is 12.9. The van der Waals surface area contributed by atoms with Gasteiger partial charge in [0.15, 0.2) is 5.82 Å². The fourth-order valence-electron chi connectivity index (χ4n) is 2.35. The predicted molar refractivity (Wildman–Crippen MR) is 82.1 cm³/mol. The molecular weight excluding hydrogens is 298 g/mol. The van der Waals surface area contributed by atoms with E-state index in [0.29, 0.717) is 31.5 Å². The first-order chi connectivity index (χ1) is 11.2. The zero-order valence-electron chi connectivity index (χ0n) is 12.9. The van der Waals surface area contributed by atoms with Crippen LogP contribution in [0.2, 0.25) is 0 Å². The van der Waals surface area contributed by atoms with Gasteiger partial charge in [-0.25, -0.2) is 0 Å². The molecule has 23 heavy (non-hydrogen) atoms. The third kappa shape index (κ3) is 4.07. The zero-order chi connectivity index (χ0) is 16.1. The molecule has 1 amide bonds. The highest BCUT2D eigenvalue weighted by molar-refractivity contribution is 5.72. The summed E-state index contributed by atoms with van der Waals surface area (Å²) in [6, 6.07) is 7.42. The van der Waals surface area contributed by atoms with Crippen molar-refractivity contribution in [2.24, 2.45) is 0 Å². The molecular formula is C16H19N3O4. The van der Waals surface area contributed by atoms with E-state index in [1.165, 1.54) is 6.92 Å². The first-order valence-corrected chi connectivity index (χ1v) is 7.61. The summed E-state index contributed by atoms with van der Waals surface area (Å²) in [6.07, 6.45) is 0.931. The van der Waals surface area contributed by atoms with Crippen molar-refractivity contribution in [3.05, 3.63) is 30.1 Å². The van der Waals surface area contributed by atoms with Gasteiger partial charge in [0.25, 0.3) is 5.89 Å². The van der Waals surface area contributed by atoms with E-state index < -0.39 is 0 Å². The van der Waals surface area contributed by atoms with Gasteiger partial charge in [0.05, 0.1) is 13.2 Å². The van der Waals surface area contributed by atoms with Gasteiger partial charge in [-0.1, -0.05) is 5.16 Å². The number of benzene rings is 1. The second kappa shape index (κ2) is 7.23. The van der Waals surface area contributed by atoms with Crippen molar-refractivity contribution >= 4 is 5.91 Å². The van der Waals surface area contributed by atoms with Gasteiger partial charge in [-0.05, 0) is 30.7 Å². The van der Waals surface area contributed by atoms with Crippen LogP contribution in [-0.4, -0.2) is 42.4 Å². The van der Waals surface area contributed by atoms with E-state index in [1.54, 1.807) is 0 Å². The Balaban J connectivity index is 1.57. The number of hydrogen-bond donors (Lipinski definition) is 1. The maximum absolute atomic E-state index is 10.8. The quantitative estimate of drug-likeness (QED) is 0.817. The Bertz CT molecular complexity index is 648. The Hall–Kier alpha value is -2.41. The lowest BCUT2D eigenvalue weighted by Crippen LogP contribution is -2.25. The lowest BCUT2D eigenvalue weighted by atomic mass is 10.1. The van der Waals surface area contributed by atoms with E-state index in [-0.39, 0.29) is 11.8 Å². The van der Waals surface area contributed by atoms with Gasteiger partial charge in [0.1, 0.15) is 12.4 Å². The van der Waals surface area contributed by atoms with Crippen LogP contribution in [0.4, 0.5) is 0 Å². The minimum Gasteiger partial charge on any atom is -0.492 e. The Morgan fingerprint density at radius 3 is 2.91 bits per heavy atom. The van der Waals surface area contributed by atoms with Crippen molar-refractivity contribution < 1.29 is 18.8 Å². The summed E-state index contributed by atoms with van der Waals surface area (Å²) < 4.78 is 16.2. The highest BCUT2D eigenvalue weighted by Gasteiger charge is 2.23. The molecule has 1 fully saturated rings. The van der Waals surface area contributed by atoms with Crippen LogP contribution in [0.1, 0.15) is 25.1 Å². The summed E-state index contributed by atoms with van der Waals surface area (Å²) >= 11 is 0. The number of nitrogens with one attached hydrogen (secondary N) is 1. The molecule has 2 heterocycles. The van der Waals surface area contributed by atoms with E-state index in [0.717, 1.165) is 24.3 Å². The van der Waals surface area contributed by atoms with Crippen LogP contribution in [0.3, 0.4) is 0 Å². The third-order valence-corrected chi connectivity index (χ3v) is 3.58. The molecule has 1 N–H and O–H groups in total. The molecule has 0 saturated carbocycles. The van der Waals surface area contributed by atoms with E-state index in [4.69, 9.17) is 14.0 Å². The maximum Gasteiger partial charge on any atom is 0.257 e. The highest BCUT2D eigenvalue weighted by atomic mass is 16.5. The van der Waals surface area contributed by atoms with Gasteiger partial charge in [0, 0.05) is 25.0 Å². The summed E-state index contributed by atoms with van der Waals surface area (Å²) in [4.78, 5) is 15.2. The molecule has 1 aliphatic rings. The SMILES string of the molecule is CC(=O)NCCOc1ccc(-c2nc([C@@H]3CCOC3)no2)cc1. The van der Waals surface area contributed by atoms with Gasteiger partial charge in [0.2, 0.25) is 5.91 Å². The smallest absolute Gasteiger partial charge is 0.257 e. The molecule has 1 aromatic heterocycles. The Labute approximate surface area is 134 Å². The van der Waals surface area contributed by atoms with Crippen LogP contribution >= 0.6 is 0 Å². The number of amides is 1. The molecule has 0 aliphatic carbocycles. The molecule has 0 bridgehead atoms. The molecule has 1 saturated heterocycles. The summed E-state index contributed by atoms with van der Waals surface area (Å²) in [5, 5.41) is 6.71. The second-order valence-corrected chi connectivity index (χ2v) is 5.37. The molecule has 1 atom stereocenters. The average molecular weight is 317 g/mol. The van der Waals surface area contributed by atoms with Crippen molar-refractivity contribution in [2.45, 2.75) is 19.3 Å². The van der Waals surface area contributed by atoms with Gasteiger partial charge in [-0.15, -0.1) is 0 Å². The molecule has 3 rings (SSSR count). The van der Waals surface area contributed by atoms with Gasteiger partial charge in [-0.2, -0.15) is 4.98 Å². The number of rotatable bonds is 6. The summed E-state index contributed by atoms with van der Waals surface area (Å²) in [5.74, 6) is 2.08. The molecule has 0 spiro atoms. The number of nitrogens with zero attached hydrogens (tertiary/aromatic N) is 2. The summed E-state index contributed by atoms with van der Waals surface area (Å²) in [6.45, 7) is 3.78. The summed E-state index contributed by atoms with van der Waals surface area (Å²) in [7, 11) is 0. The number of carbonyl (C=O) groups is 1. The van der Waals surface area contributed by atoms with Crippen molar-refractivity contribution in [1.82, 2.24) is 15.5 Å². The van der Waals surface area contributed by atoms with Crippen LogP contribution in [0.15, 0.2) is 28.8 Å². The van der Waals surface area contributed by atoms with E-state index in [2.05, 4.69) is 15.5 Å². The molecule has 122 valence electrons. The minimum absolute atomic E-state index is 0.0659. The van der Waals surface area contributed by atoms with Crippen molar-refractivity contribution in [1.29, 1.82) is 0 Å². The van der Waals surface area contributed by atoms with Crippen LogP contribution in [0.25, 0.3) is 11.5 Å². The molecule has 7 nitrogen and oxygen atoms in total. The van der Waals surface area contributed by atoms with Crippen LogP contribution < -0.4 is 10.1 Å². The Morgan fingerprint density at radius 2 is 2.22 bits per heavy atom. The molecule has 1 aliphatic heterocycles. The van der Waals surface area contributed by atoms with Crippen molar-refractivity contribution in [3.8, 4) is 17.2 Å². The predicted octanol–water partition coefficient (Wildman–Crippen LogP) is 1.76. The van der Waals surface area contributed by atoms with E-state index in [9.17, 15) is 4.79 Å². The van der Waals surface area contributed by atoms with Crippen LogP contribution in [0, 0.1) is 0 Å². The molecule has 0 radical (unpaired) electrons. The van der Waals surface area contributed by atoms with Crippen molar-refractivity contribution in [3.63, 3.8) is 0 Å². The monoisotopic (exact) mass is 317 g/mol. The Morgan fingerprint density at radius 1 is 1.39 bits per heavy atom. The fourth-order valence-corrected chi connectivity index (χ4v) is 2.35. The molecule has 7 heteroatoms. The standard InChI is InChI=1S/C16H19N3O4/c1-11(20)17-7-9-22-14-4-2-12(3-5-14)16-18-15(19-23-16)13-6-8-21-10-13/h2-5,13H,6-10H2,1H3,(H,17,20)/t13-/m1/s1.